The van der Waals surface area contributed by atoms with Crippen LogP contribution in [-0.4, -0.2) is 77.4 Å². The summed E-state index contributed by atoms with van der Waals surface area (Å²) in [7, 11) is 0. The van der Waals surface area contributed by atoms with Gasteiger partial charge >= 0.3 is 0 Å². The molecule has 210 valence electrons. The number of amides is 2. The van der Waals surface area contributed by atoms with Gasteiger partial charge in [0.25, 0.3) is 5.69 Å². The lowest BCUT2D eigenvalue weighted by Crippen LogP contribution is -2.43. The number of carbonyl (C=O) groups is 2. The van der Waals surface area contributed by atoms with Crippen molar-refractivity contribution in [3.63, 3.8) is 0 Å². The van der Waals surface area contributed by atoms with Crippen molar-refractivity contribution in [1.29, 1.82) is 0 Å². The van der Waals surface area contributed by atoms with Gasteiger partial charge in [-0.2, -0.15) is 0 Å². The van der Waals surface area contributed by atoms with Gasteiger partial charge in [0, 0.05) is 50.9 Å². The first-order valence-corrected chi connectivity index (χ1v) is 13.3. The van der Waals surface area contributed by atoms with Crippen LogP contribution >= 0.6 is 0 Å². The average molecular weight is 547 g/mol. The number of ether oxygens (including phenoxy) is 1. The third-order valence-electron chi connectivity index (χ3n) is 6.66. The zero-order valence-electron chi connectivity index (χ0n) is 22.4. The van der Waals surface area contributed by atoms with E-state index < -0.39 is 4.92 Å². The van der Waals surface area contributed by atoms with Gasteiger partial charge in [-0.1, -0.05) is 30.3 Å². The predicted octanol–water partition coefficient (Wildman–Crippen LogP) is 3.98. The standard InChI is InChI=1S/C30H34N4O6/c35-29(14-11-25-9-12-27(13-10-25)34(37)38)32(16-5-15-31-17-20-39-21-18-31)24-30(36)33(23-28-8-4-19-40-28)22-26-6-2-1-3-7-26/h1-4,6-14,19H,5,15-18,20-24H2/b14-11+. The Labute approximate surface area is 233 Å². The predicted molar refractivity (Wildman–Crippen MR) is 150 cm³/mol. The molecule has 0 radical (unpaired) electrons. The van der Waals surface area contributed by atoms with Crippen molar-refractivity contribution in [2.45, 2.75) is 19.5 Å². The lowest BCUT2D eigenvalue weighted by Gasteiger charge is -2.29. The zero-order valence-corrected chi connectivity index (χ0v) is 22.4. The summed E-state index contributed by atoms with van der Waals surface area (Å²) >= 11 is 0. The maximum Gasteiger partial charge on any atom is 0.269 e. The van der Waals surface area contributed by atoms with E-state index in [0.29, 0.717) is 44.0 Å². The minimum absolute atomic E-state index is 0.0196. The van der Waals surface area contributed by atoms with Gasteiger partial charge in [0.1, 0.15) is 12.3 Å². The second-order valence-electron chi connectivity index (χ2n) is 9.56. The molecule has 1 fully saturated rings. The Balaban J connectivity index is 1.46. The molecule has 40 heavy (non-hydrogen) atoms. The van der Waals surface area contributed by atoms with Gasteiger partial charge in [0.15, 0.2) is 0 Å². The summed E-state index contributed by atoms with van der Waals surface area (Å²) in [6, 6.07) is 19.3. The van der Waals surface area contributed by atoms with Gasteiger partial charge in [0.2, 0.25) is 11.8 Å². The number of morpholine rings is 1. The van der Waals surface area contributed by atoms with Crippen molar-refractivity contribution in [2.75, 3.05) is 45.9 Å². The van der Waals surface area contributed by atoms with Crippen LogP contribution in [0.15, 0.2) is 83.5 Å². The minimum Gasteiger partial charge on any atom is -0.467 e. The molecule has 0 unspecified atom stereocenters. The molecule has 2 heterocycles. The molecule has 0 aliphatic carbocycles. The first-order valence-electron chi connectivity index (χ1n) is 13.3. The number of non-ortho nitro benzene ring substituents is 1. The molecule has 10 heteroatoms. The zero-order chi connectivity index (χ0) is 28.2. The Kier molecular flexibility index (Phi) is 10.6. The Morgan fingerprint density at radius 2 is 1.70 bits per heavy atom. The molecule has 2 amide bonds. The molecule has 2 aromatic carbocycles. The maximum atomic E-state index is 13.6. The maximum absolute atomic E-state index is 13.6. The molecule has 0 saturated carbocycles. The molecule has 0 N–H and O–H groups in total. The molecular weight excluding hydrogens is 512 g/mol. The molecule has 10 nitrogen and oxygen atoms in total. The summed E-state index contributed by atoms with van der Waals surface area (Å²) in [5.74, 6) is 0.169. The Hall–Kier alpha value is -4.28. The second-order valence-corrected chi connectivity index (χ2v) is 9.56. The normalized spacial score (nSPS) is 13.8. The summed E-state index contributed by atoms with van der Waals surface area (Å²) in [6.45, 7) is 4.88. The van der Waals surface area contributed by atoms with E-state index >= 15 is 0 Å². The van der Waals surface area contributed by atoms with E-state index in [4.69, 9.17) is 9.15 Å². The summed E-state index contributed by atoms with van der Waals surface area (Å²) < 4.78 is 10.9. The van der Waals surface area contributed by atoms with Gasteiger partial charge in [-0.25, -0.2) is 0 Å². The van der Waals surface area contributed by atoms with Crippen LogP contribution in [0, 0.1) is 10.1 Å². The fourth-order valence-corrected chi connectivity index (χ4v) is 4.45. The van der Waals surface area contributed by atoms with Gasteiger partial charge in [-0.3, -0.25) is 24.6 Å². The van der Waals surface area contributed by atoms with E-state index in [1.165, 1.54) is 18.2 Å². The Morgan fingerprint density at radius 1 is 0.950 bits per heavy atom. The number of nitro benzene ring substituents is 1. The summed E-state index contributed by atoms with van der Waals surface area (Å²) in [5.41, 5.74) is 1.61. The number of nitro groups is 1. The van der Waals surface area contributed by atoms with Gasteiger partial charge in [-0.05, 0) is 47.9 Å². The Morgan fingerprint density at radius 3 is 2.38 bits per heavy atom. The SMILES string of the molecule is O=C(/C=C/c1ccc([N+](=O)[O-])cc1)N(CCCN1CCOCC1)CC(=O)N(Cc1ccccc1)Cc1ccco1. The van der Waals surface area contributed by atoms with Crippen molar-refractivity contribution < 1.29 is 23.7 Å². The highest BCUT2D eigenvalue weighted by Gasteiger charge is 2.22. The third kappa shape index (κ3) is 8.89. The Bertz CT molecular complexity index is 1260. The molecule has 4 rings (SSSR count). The number of nitrogens with zero attached hydrogens (tertiary/aromatic N) is 4. The van der Waals surface area contributed by atoms with Crippen LogP contribution in [-0.2, 0) is 27.4 Å². The van der Waals surface area contributed by atoms with Crippen LogP contribution in [0.4, 0.5) is 5.69 Å². The van der Waals surface area contributed by atoms with E-state index in [9.17, 15) is 19.7 Å². The highest BCUT2D eigenvalue weighted by Crippen LogP contribution is 2.15. The molecule has 3 aromatic rings. The summed E-state index contributed by atoms with van der Waals surface area (Å²) in [5, 5.41) is 10.9. The summed E-state index contributed by atoms with van der Waals surface area (Å²) in [4.78, 5) is 42.9. The van der Waals surface area contributed by atoms with Gasteiger partial charge < -0.3 is 19.0 Å². The van der Waals surface area contributed by atoms with Crippen molar-refractivity contribution in [3.05, 3.63) is 106 Å². The molecule has 0 spiro atoms. The molecule has 1 aromatic heterocycles. The quantitative estimate of drug-likeness (QED) is 0.181. The van der Waals surface area contributed by atoms with E-state index in [-0.39, 0.29) is 30.6 Å². The number of rotatable bonds is 13. The van der Waals surface area contributed by atoms with Crippen LogP contribution in [0.3, 0.4) is 0 Å². The number of hydrogen-bond acceptors (Lipinski definition) is 7. The van der Waals surface area contributed by atoms with Gasteiger partial charge in [0.05, 0.1) is 30.9 Å². The fraction of sp³-hybridized carbons (Fsp3) is 0.333. The lowest BCUT2D eigenvalue weighted by atomic mass is 10.2. The topological polar surface area (TPSA) is 109 Å². The first kappa shape index (κ1) is 28.7. The third-order valence-corrected chi connectivity index (χ3v) is 6.66. The molecular formula is C30H34N4O6. The molecule has 1 saturated heterocycles. The van der Waals surface area contributed by atoms with Crippen molar-refractivity contribution in [1.82, 2.24) is 14.7 Å². The molecule has 1 aliphatic rings. The molecule has 0 atom stereocenters. The first-order chi connectivity index (χ1) is 19.5. The van der Waals surface area contributed by atoms with Crippen molar-refractivity contribution >= 4 is 23.6 Å². The average Bonchev–Trinajstić information content (AvgIpc) is 3.49. The van der Waals surface area contributed by atoms with Crippen molar-refractivity contribution in [2.24, 2.45) is 0 Å². The monoisotopic (exact) mass is 546 g/mol. The highest BCUT2D eigenvalue weighted by atomic mass is 16.6. The number of benzene rings is 2. The highest BCUT2D eigenvalue weighted by molar-refractivity contribution is 5.94. The van der Waals surface area contributed by atoms with E-state index in [1.807, 2.05) is 36.4 Å². The number of carbonyl (C=O) groups excluding carboxylic acids is 2. The lowest BCUT2D eigenvalue weighted by molar-refractivity contribution is -0.384. The smallest absolute Gasteiger partial charge is 0.269 e. The van der Waals surface area contributed by atoms with E-state index in [2.05, 4.69) is 4.90 Å². The summed E-state index contributed by atoms with van der Waals surface area (Å²) in [6.07, 6.45) is 5.31. The molecule has 1 aliphatic heterocycles. The van der Waals surface area contributed by atoms with Crippen LogP contribution in [0.1, 0.15) is 23.3 Å². The largest absolute Gasteiger partial charge is 0.467 e. The van der Waals surface area contributed by atoms with Crippen LogP contribution in [0.5, 0.6) is 0 Å². The molecule has 0 bridgehead atoms. The van der Waals surface area contributed by atoms with Crippen LogP contribution in [0.2, 0.25) is 0 Å². The minimum atomic E-state index is -0.468. The van der Waals surface area contributed by atoms with Crippen LogP contribution in [0.25, 0.3) is 6.08 Å². The van der Waals surface area contributed by atoms with E-state index in [1.54, 1.807) is 40.3 Å². The second kappa shape index (κ2) is 14.8. The van der Waals surface area contributed by atoms with Crippen molar-refractivity contribution in [3.8, 4) is 0 Å². The number of furan rings is 1. The van der Waals surface area contributed by atoms with Crippen LogP contribution < -0.4 is 0 Å². The van der Waals surface area contributed by atoms with E-state index in [0.717, 1.165) is 25.2 Å². The van der Waals surface area contributed by atoms with Gasteiger partial charge in [-0.15, -0.1) is 0 Å². The fourth-order valence-electron chi connectivity index (χ4n) is 4.45. The number of hydrogen-bond donors (Lipinski definition) is 0.